The standard InChI is InChI=1S/C10H15.C6H8N.2ClH.Zr/c1-6-7(2)9(4)10(5)8(6)3;1-5-3-4-6(2)7-5;;;/h1-5H3;3,7H,1-2H3;2*1H;/q2*-1;;;+4/p-2. The molecule has 0 atom stereocenters. The maximum atomic E-state index is 3.08. The molecule has 0 bridgehead atoms. The molecular weight excluding hydrogens is 368 g/mol. The number of halogens is 2. The van der Waals surface area contributed by atoms with Gasteiger partial charge < -0.3 is 29.8 Å². The number of nitrogens with one attached hydrogen (secondary N) is 1. The van der Waals surface area contributed by atoms with Crippen molar-refractivity contribution in [1.82, 2.24) is 4.98 Å². The smallest absolute Gasteiger partial charge is 1.00 e. The zero-order valence-corrected chi connectivity index (χ0v) is 17.3. The molecule has 1 N–H and O–H groups in total. The van der Waals surface area contributed by atoms with Crippen LogP contribution < -0.4 is 24.8 Å². The minimum atomic E-state index is 0. The number of hydrogen-bond acceptors (Lipinski definition) is 0. The fourth-order valence-corrected chi connectivity index (χ4v) is 1.99. The average Bonchev–Trinajstić information content (AvgIpc) is 2.74. The summed E-state index contributed by atoms with van der Waals surface area (Å²) in [7, 11) is 0. The fourth-order valence-electron chi connectivity index (χ4n) is 1.99. The first-order valence-corrected chi connectivity index (χ1v) is 6.08. The Balaban J connectivity index is -0.000000262. The van der Waals surface area contributed by atoms with Gasteiger partial charge in [-0.3, -0.25) is 0 Å². The first kappa shape index (κ1) is 25.1. The summed E-state index contributed by atoms with van der Waals surface area (Å²) in [5.41, 5.74) is 9.63. The first-order chi connectivity index (χ1) is 7.84. The minimum Gasteiger partial charge on any atom is -1.00 e. The second-order valence-corrected chi connectivity index (χ2v) is 4.85. The molecule has 0 amide bonds. The van der Waals surface area contributed by atoms with Gasteiger partial charge in [-0.25, -0.2) is 12.1 Å². The number of aromatic nitrogens is 1. The quantitative estimate of drug-likeness (QED) is 0.520. The molecule has 1 aromatic heterocycles. The maximum Gasteiger partial charge on any atom is 4.00 e. The van der Waals surface area contributed by atoms with E-state index in [0.29, 0.717) is 0 Å². The van der Waals surface area contributed by atoms with Crippen LogP contribution in [0.15, 0.2) is 6.07 Å². The second kappa shape index (κ2) is 10.8. The molecule has 0 saturated carbocycles. The maximum absolute atomic E-state index is 3.08. The van der Waals surface area contributed by atoms with Crippen molar-refractivity contribution in [2.75, 3.05) is 0 Å². The van der Waals surface area contributed by atoms with Crippen LogP contribution in [0.25, 0.3) is 0 Å². The Hall–Kier alpha value is 0.0931. The molecule has 0 aliphatic rings. The van der Waals surface area contributed by atoms with E-state index in [1.807, 2.05) is 19.9 Å². The van der Waals surface area contributed by atoms with Crippen molar-refractivity contribution in [2.45, 2.75) is 48.5 Å². The van der Waals surface area contributed by atoms with E-state index in [1.54, 1.807) is 0 Å². The van der Waals surface area contributed by atoms with Crippen molar-refractivity contribution in [1.29, 1.82) is 0 Å². The van der Waals surface area contributed by atoms with Crippen LogP contribution in [0.2, 0.25) is 0 Å². The van der Waals surface area contributed by atoms with E-state index in [1.165, 1.54) is 33.5 Å². The molecule has 2 aromatic rings. The number of H-pyrrole nitrogens is 1. The van der Waals surface area contributed by atoms with Crippen LogP contribution in [0, 0.1) is 54.5 Å². The van der Waals surface area contributed by atoms with Gasteiger partial charge in [0.1, 0.15) is 0 Å². The Kier molecular flexibility index (Phi) is 13.5. The van der Waals surface area contributed by atoms with Gasteiger partial charge in [0.25, 0.3) is 0 Å². The summed E-state index contributed by atoms with van der Waals surface area (Å²) in [6.07, 6.45) is 0. The van der Waals surface area contributed by atoms with E-state index in [9.17, 15) is 0 Å². The van der Waals surface area contributed by atoms with Crippen molar-refractivity contribution in [3.8, 4) is 0 Å². The Labute approximate surface area is 155 Å². The van der Waals surface area contributed by atoms with E-state index in [-0.39, 0.29) is 51.0 Å². The van der Waals surface area contributed by atoms with Gasteiger partial charge in [-0.2, -0.15) is 27.8 Å². The zero-order valence-electron chi connectivity index (χ0n) is 13.3. The van der Waals surface area contributed by atoms with Crippen LogP contribution in [-0.2, 0) is 26.2 Å². The van der Waals surface area contributed by atoms with Crippen LogP contribution in [0.5, 0.6) is 0 Å². The second-order valence-electron chi connectivity index (χ2n) is 4.85. The number of hydrogen-bond donors (Lipinski definition) is 1. The molecule has 1 heterocycles. The third-order valence-electron chi connectivity index (χ3n) is 3.70. The summed E-state index contributed by atoms with van der Waals surface area (Å²) < 4.78 is 0. The third kappa shape index (κ3) is 6.25. The van der Waals surface area contributed by atoms with Crippen molar-refractivity contribution < 1.29 is 51.0 Å². The van der Waals surface area contributed by atoms with Crippen LogP contribution in [0.3, 0.4) is 0 Å². The van der Waals surface area contributed by atoms with E-state index in [2.05, 4.69) is 45.7 Å². The van der Waals surface area contributed by atoms with Crippen molar-refractivity contribution >= 4 is 0 Å². The molecule has 0 unspecified atom stereocenters. The molecule has 0 fully saturated rings. The largest absolute Gasteiger partial charge is 4.00 e. The van der Waals surface area contributed by atoms with E-state index in [0.717, 1.165) is 5.69 Å². The normalized spacial score (nSPS) is 8.55. The summed E-state index contributed by atoms with van der Waals surface area (Å²) in [6.45, 7) is 15.0. The zero-order chi connectivity index (χ0) is 13.2. The number of aromatic amines is 1. The summed E-state index contributed by atoms with van der Waals surface area (Å²) in [5.74, 6) is 0. The Morgan fingerprint density at radius 2 is 1.30 bits per heavy atom. The molecule has 1 aromatic carbocycles. The van der Waals surface area contributed by atoms with Gasteiger partial charge >= 0.3 is 26.2 Å². The third-order valence-corrected chi connectivity index (χ3v) is 3.70. The molecule has 0 aliphatic heterocycles. The van der Waals surface area contributed by atoms with Gasteiger partial charge in [-0.05, 0) is 6.92 Å². The van der Waals surface area contributed by atoms with Crippen LogP contribution in [-0.4, -0.2) is 4.98 Å². The Bertz CT molecular complexity index is 416. The summed E-state index contributed by atoms with van der Waals surface area (Å²) in [5, 5.41) is 0. The Morgan fingerprint density at radius 3 is 1.40 bits per heavy atom. The average molecular weight is 391 g/mol. The molecule has 4 heteroatoms. The molecule has 2 rings (SSSR count). The van der Waals surface area contributed by atoms with Gasteiger partial charge in [-0.15, -0.1) is 5.69 Å². The number of aryl methyl sites for hydroxylation is 2. The summed E-state index contributed by atoms with van der Waals surface area (Å²) in [4.78, 5) is 3.08. The predicted octanol–water partition coefficient (Wildman–Crippen LogP) is -1.62. The molecule has 0 aliphatic carbocycles. The van der Waals surface area contributed by atoms with Gasteiger partial charge in [0.05, 0.1) is 0 Å². The van der Waals surface area contributed by atoms with E-state index >= 15 is 0 Å². The van der Waals surface area contributed by atoms with Crippen LogP contribution >= 0.6 is 0 Å². The van der Waals surface area contributed by atoms with E-state index < -0.39 is 0 Å². The molecule has 0 spiro atoms. The fraction of sp³-hybridized carbons (Fsp3) is 0.438. The van der Waals surface area contributed by atoms with Crippen molar-refractivity contribution in [2.24, 2.45) is 0 Å². The summed E-state index contributed by atoms with van der Waals surface area (Å²) in [6, 6.07) is 4.95. The summed E-state index contributed by atoms with van der Waals surface area (Å²) >= 11 is 0. The molecule has 1 nitrogen and oxygen atoms in total. The topological polar surface area (TPSA) is 15.8 Å². The Morgan fingerprint density at radius 1 is 0.900 bits per heavy atom. The monoisotopic (exact) mass is 389 g/mol. The van der Waals surface area contributed by atoms with Crippen molar-refractivity contribution in [3.05, 3.63) is 51.3 Å². The van der Waals surface area contributed by atoms with Gasteiger partial charge in [0, 0.05) is 0 Å². The van der Waals surface area contributed by atoms with Gasteiger partial charge in [0.2, 0.25) is 0 Å². The molecule has 0 radical (unpaired) electrons. The first-order valence-electron chi connectivity index (χ1n) is 6.08. The SMILES string of the molecule is Cc1[c-]cc(C)[nH]1.Cc1c(C)c(C)[c-](C)c1C.[Cl-].[Cl-].[Zr+4]. The molecule has 20 heavy (non-hydrogen) atoms. The van der Waals surface area contributed by atoms with Crippen molar-refractivity contribution in [3.63, 3.8) is 0 Å². The van der Waals surface area contributed by atoms with Crippen LogP contribution in [0.1, 0.15) is 39.2 Å². The number of rotatable bonds is 0. The molecule has 0 saturated heterocycles. The molecular formula is C16H23Cl2NZr. The van der Waals surface area contributed by atoms with Gasteiger partial charge in [0.15, 0.2) is 0 Å². The minimum absolute atomic E-state index is 0. The molecule has 110 valence electrons. The van der Waals surface area contributed by atoms with Gasteiger partial charge in [-0.1, -0.05) is 47.2 Å². The predicted molar refractivity (Wildman–Crippen MR) is 74.8 cm³/mol. The van der Waals surface area contributed by atoms with E-state index in [4.69, 9.17) is 0 Å². The van der Waals surface area contributed by atoms with Crippen LogP contribution in [0.4, 0.5) is 0 Å².